The van der Waals surface area contributed by atoms with Crippen LogP contribution in [0.25, 0.3) is 0 Å². The first-order valence-electron chi connectivity index (χ1n) is 10.7. The molecule has 4 rings (SSSR count). The number of carbonyl (C=O) groups excluding carboxylic acids is 1. The quantitative estimate of drug-likeness (QED) is 0.533. The second-order valence-corrected chi connectivity index (χ2v) is 8.98. The standard InChI is InChI=1S/C24H28N4O2S/c1-18-2-6-21(27-16-18)7-3-19-4-8-22(9-5-19)30-24(29)28-14-10-20(11-15-28)17-31-23-25-12-13-26-23/h2,4-6,8-9,12-13,16,20H,3,7,10-11,14-15,17H2,1H3,(H,25,26). The van der Waals surface area contributed by atoms with Gasteiger partial charge < -0.3 is 14.6 Å². The number of amides is 1. The van der Waals surface area contributed by atoms with Crippen molar-refractivity contribution in [2.45, 2.75) is 37.8 Å². The summed E-state index contributed by atoms with van der Waals surface area (Å²) >= 11 is 1.74. The van der Waals surface area contributed by atoms with Crippen molar-refractivity contribution in [2.24, 2.45) is 5.92 Å². The van der Waals surface area contributed by atoms with Crippen molar-refractivity contribution in [3.05, 3.63) is 71.8 Å². The van der Waals surface area contributed by atoms with Crippen molar-refractivity contribution in [1.29, 1.82) is 0 Å². The van der Waals surface area contributed by atoms with Crippen LogP contribution in [-0.2, 0) is 12.8 Å². The zero-order valence-corrected chi connectivity index (χ0v) is 18.6. The summed E-state index contributed by atoms with van der Waals surface area (Å²) in [6, 6.07) is 12.0. The number of nitrogens with one attached hydrogen (secondary N) is 1. The molecule has 1 aromatic carbocycles. The molecule has 1 amide bonds. The number of aromatic nitrogens is 3. The van der Waals surface area contributed by atoms with Crippen molar-refractivity contribution in [1.82, 2.24) is 19.9 Å². The smallest absolute Gasteiger partial charge is 0.410 e. The predicted octanol–water partition coefficient (Wildman–Crippen LogP) is 4.90. The molecule has 7 heteroatoms. The van der Waals surface area contributed by atoms with Gasteiger partial charge in [0.1, 0.15) is 5.75 Å². The number of hydrogen-bond donors (Lipinski definition) is 1. The fourth-order valence-electron chi connectivity index (χ4n) is 3.62. The van der Waals surface area contributed by atoms with Gasteiger partial charge in [-0.2, -0.15) is 0 Å². The largest absolute Gasteiger partial charge is 0.415 e. The number of piperidine rings is 1. The van der Waals surface area contributed by atoms with Crippen LogP contribution in [0.4, 0.5) is 4.79 Å². The Balaban J connectivity index is 1.19. The van der Waals surface area contributed by atoms with E-state index >= 15 is 0 Å². The third kappa shape index (κ3) is 6.34. The third-order valence-electron chi connectivity index (χ3n) is 5.57. The Labute approximate surface area is 187 Å². The lowest BCUT2D eigenvalue weighted by atomic mass is 9.99. The van der Waals surface area contributed by atoms with E-state index in [-0.39, 0.29) is 6.09 Å². The van der Waals surface area contributed by atoms with Gasteiger partial charge in [0.2, 0.25) is 0 Å². The number of pyridine rings is 1. The van der Waals surface area contributed by atoms with E-state index in [2.05, 4.69) is 27.1 Å². The minimum Gasteiger partial charge on any atom is -0.410 e. The van der Waals surface area contributed by atoms with Crippen molar-refractivity contribution < 1.29 is 9.53 Å². The van der Waals surface area contributed by atoms with Crippen LogP contribution in [0.3, 0.4) is 0 Å². The second kappa shape index (κ2) is 10.5. The molecule has 3 aromatic rings. The fraction of sp³-hybridized carbons (Fsp3) is 0.375. The highest BCUT2D eigenvalue weighted by Gasteiger charge is 2.24. The van der Waals surface area contributed by atoms with Crippen LogP contribution in [0.1, 0.15) is 29.7 Å². The molecule has 3 heterocycles. The van der Waals surface area contributed by atoms with Crippen LogP contribution >= 0.6 is 11.8 Å². The molecule has 1 aliphatic heterocycles. The first kappa shape index (κ1) is 21.4. The van der Waals surface area contributed by atoms with E-state index in [1.54, 1.807) is 18.0 Å². The van der Waals surface area contributed by atoms with Gasteiger partial charge in [-0.25, -0.2) is 9.78 Å². The molecule has 1 fully saturated rings. The molecule has 162 valence electrons. The van der Waals surface area contributed by atoms with E-state index in [1.165, 1.54) is 11.1 Å². The summed E-state index contributed by atoms with van der Waals surface area (Å²) in [4.78, 5) is 26.1. The number of aromatic amines is 1. The van der Waals surface area contributed by atoms with Gasteiger partial charge in [0.15, 0.2) is 5.16 Å². The molecule has 0 radical (unpaired) electrons. The van der Waals surface area contributed by atoms with Crippen LogP contribution in [-0.4, -0.2) is 44.8 Å². The first-order valence-corrected chi connectivity index (χ1v) is 11.7. The Hall–Kier alpha value is -2.80. The van der Waals surface area contributed by atoms with Crippen molar-refractivity contribution in [3.63, 3.8) is 0 Å². The maximum absolute atomic E-state index is 12.5. The number of H-pyrrole nitrogens is 1. The summed E-state index contributed by atoms with van der Waals surface area (Å²) in [7, 11) is 0. The average Bonchev–Trinajstić information content (AvgIpc) is 3.32. The molecule has 0 bridgehead atoms. The lowest BCUT2D eigenvalue weighted by molar-refractivity contribution is 0.134. The minimum atomic E-state index is -0.256. The number of ether oxygens (including phenoxy) is 1. The summed E-state index contributed by atoms with van der Waals surface area (Å²) in [6.07, 6.45) is 9.06. The summed E-state index contributed by atoms with van der Waals surface area (Å²) < 4.78 is 5.59. The maximum atomic E-state index is 12.5. The van der Waals surface area contributed by atoms with Crippen molar-refractivity contribution in [3.8, 4) is 5.75 Å². The van der Waals surface area contributed by atoms with Gasteiger partial charge in [0, 0.05) is 43.1 Å². The number of benzene rings is 1. The number of thioether (sulfide) groups is 1. The molecule has 6 nitrogen and oxygen atoms in total. The zero-order valence-electron chi connectivity index (χ0n) is 17.8. The van der Waals surface area contributed by atoms with E-state index in [1.807, 2.05) is 48.5 Å². The first-order chi connectivity index (χ1) is 15.2. The van der Waals surface area contributed by atoms with Crippen LogP contribution in [0.2, 0.25) is 0 Å². The SMILES string of the molecule is Cc1ccc(CCc2ccc(OC(=O)N3CCC(CSc4ncc[nH]4)CC3)cc2)nc1. The monoisotopic (exact) mass is 436 g/mol. The lowest BCUT2D eigenvalue weighted by Crippen LogP contribution is -2.40. The summed E-state index contributed by atoms with van der Waals surface area (Å²) in [6.45, 7) is 3.52. The van der Waals surface area contributed by atoms with Crippen LogP contribution in [0, 0.1) is 12.8 Å². The molecule has 1 aliphatic rings. The molecule has 0 atom stereocenters. The molecule has 0 spiro atoms. The van der Waals surface area contributed by atoms with E-state index in [9.17, 15) is 4.79 Å². The van der Waals surface area contributed by atoms with Gasteiger partial charge in [0.05, 0.1) is 0 Å². The highest BCUT2D eigenvalue weighted by Crippen LogP contribution is 2.25. The number of carbonyl (C=O) groups is 1. The Morgan fingerprint density at radius 3 is 2.61 bits per heavy atom. The summed E-state index contributed by atoms with van der Waals surface area (Å²) in [5.41, 5.74) is 3.47. The van der Waals surface area contributed by atoms with Gasteiger partial charge in [-0.05, 0) is 67.9 Å². The van der Waals surface area contributed by atoms with E-state index < -0.39 is 0 Å². The normalized spacial score (nSPS) is 14.5. The van der Waals surface area contributed by atoms with Crippen molar-refractivity contribution in [2.75, 3.05) is 18.8 Å². The number of hydrogen-bond acceptors (Lipinski definition) is 5. The van der Waals surface area contributed by atoms with Crippen LogP contribution in [0.5, 0.6) is 5.75 Å². The molecule has 1 N–H and O–H groups in total. The summed E-state index contributed by atoms with van der Waals surface area (Å²) in [5.74, 6) is 2.22. The van der Waals surface area contributed by atoms with Gasteiger partial charge in [-0.1, -0.05) is 30.0 Å². The van der Waals surface area contributed by atoms with E-state index in [0.29, 0.717) is 11.7 Å². The second-order valence-electron chi connectivity index (χ2n) is 7.97. The molecule has 0 unspecified atom stereocenters. The lowest BCUT2D eigenvalue weighted by Gasteiger charge is -2.30. The summed E-state index contributed by atoms with van der Waals surface area (Å²) in [5, 5.41) is 0.959. The number of aryl methyl sites for hydroxylation is 3. The van der Waals surface area contributed by atoms with Gasteiger partial charge in [-0.15, -0.1) is 0 Å². The highest BCUT2D eigenvalue weighted by atomic mass is 32.2. The van der Waals surface area contributed by atoms with Crippen molar-refractivity contribution >= 4 is 17.9 Å². The van der Waals surface area contributed by atoms with E-state index in [0.717, 1.165) is 55.4 Å². The molecule has 0 aliphatic carbocycles. The molecule has 1 saturated heterocycles. The van der Waals surface area contributed by atoms with Gasteiger partial charge in [-0.3, -0.25) is 4.98 Å². The molecule has 0 saturated carbocycles. The fourth-order valence-corrected chi connectivity index (χ4v) is 4.63. The molecular formula is C24H28N4O2S. The number of likely N-dealkylation sites (tertiary alicyclic amines) is 1. The minimum absolute atomic E-state index is 0.256. The Bertz CT molecular complexity index is 950. The van der Waals surface area contributed by atoms with Crippen LogP contribution in [0.15, 0.2) is 60.1 Å². The Kier molecular flexibility index (Phi) is 7.25. The molecule has 31 heavy (non-hydrogen) atoms. The molecule has 2 aromatic heterocycles. The highest BCUT2D eigenvalue weighted by molar-refractivity contribution is 7.99. The zero-order chi connectivity index (χ0) is 21.5. The maximum Gasteiger partial charge on any atom is 0.415 e. The van der Waals surface area contributed by atoms with Gasteiger partial charge in [0.25, 0.3) is 0 Å². The number of imidazole rings is 1. The van der Waals surface area contributed by atoms with Crippen LogP contribution < -0.4 is 4.74 Å². The topological polar surface area (TPSA) is 71.1 Å². The number of rotatable bonds is 7. The average molecular weight is 437 g/mol. The van der Waals surface area contributed by atoms with E-state index in [4.69, 9.17) is 4.74 Å². The molecular weight excluding hydrogens is 408 g/mol. The van der Waals surface area contributed by atoms with Gasteiger partial charge >= 0.3 is 6.09 Å². The Morgan fingerprint density at radius 1 is 1.13 bits per heavy atom. The Morgan fingerprint density at radius 2 is 1.94 bits per heavy atom. The third-order valence-corrected chi connectivity index (χ3v) is 6.71. The predicted molar refractivity (Wildman–Crippen MR) is 122 cm³/mol. The number of nitrogens with zero attached hydrogens (tertiary/aromatic N) is 3.